The number of carbonyl (C=O) groups is 1. The molecule has 1 rings (SSSR count). The lowest BCUT2D eigenvalue weighted by molar-refractivity contribution is -0.125. The summed E-state index contributed by atoms with van der Waals surface area (Å²) in [5.41, 5.74) is -0.514. The summed E-state index contributed by atoms with van der Waals surface area (Å²) in [6.07, 6.45) is 9.65. The fraction of sp³-hybridized carbons (Fsp3) is 0.923. The average molecular weight is 212 g/mol. The zero-order valence-corrected chi connectivity index (χ0v) is 9.93. The highest BCUT2D eigenvalue weighted by Crippen LogP contribution is 2.30. The van der Waals surface area contributed by atoms with Gasteiger partial charge in [0.25, 0.3) is 0 Å². The minimum absolute atomic E-state index is 0.325. The summed E-state index contributed by atoms with van der Waals surface area (Å²) in [7, 11) is 0. The third kappa shape index (κ3) is 4.78. The van der Waals surface area contributed by atoms with Crippen LogP contribution >= 0.6 is 0 Å². The number of carbonyl (C=O) groups excluding carboxylic acids is 1. The molecule has 1 aliphatic carbocycles. The summed E-state index contributed by atoms with van der Waals surface area (Å²) in [4.78, 5) is 11.1. The van der Waals surface area contributed by atoms with Crippen LogP contribution in [0.4, 0.5) is 0 Å². The molecule has 0 radical (unpaired) electrons. The third-order valence-corrected chi connectivity index (χ3v) is 3.48. The van der Waals surface area contributed by atoms with Crippen molar-refractivity contribution in [3.8, 4) is 0 Å². The molecule has 0 bridgehead atoms. The second-order valence-corrected chi connectivity index (χ2v) is 4.93. The Kier molecular flexibility index (Phi) is 5.30. The van der Waals surface area contributed by atoms with Crippen molar-refractivity contribution in [1.82, 2.24) is 0 Å². The number of rotatable bonds is 6. The molecule has 88 valence electrons. The standard InChI is InChI=1S/C13H24O2/c1-2-3-4-5-6-9-13(15)10-7-12(14)8-11-13/h15H,2-11H2,1H3. The largest absolute Gasteiger partial charge is 0.390 e. The Morgan fingerprint density at radius 1 is 1.13 bits per heavy atom. The smallest absolute Gasteiger partial charge is 0.133 e. The molecule has 1 saturated carbocycles. The van der Waals surface area contributed by atoms with Crippen LogP contribution in [0.5, 0.6) is 0 Å². The fourth-order valence-corrected chi connectivity index (χ4v) is 2.30. The monoisotopic (exact) mass is 212 g/mol. The van der Waals surface area contributed by atoms with E-state index in [-0.39, 0.29) is 0 Å². The van der Waals surface area contributed by atoms with E-state index in [1.165, 1.54) is 25.7 Å². The molecule has 1 aliphatic rings. The zero-order valence-electron chi connectivity index (χ0n) is 9.93. The molecule has 0 saturated heterocycles. The van der Waals surface area contributed by atoms with Gasteiger partial charge in [-0.2, -0.15) is 0 Å². The first-order chi connectivity index (χ1) is 7.16. The lowest BCUT2D eigenvalue weighted by Crippen LogP contribution is -2.34. The van der Waals surface area contributed by atoms with Gasteiger partial charge in [-0.3, -0.25) is 4.79 Å². The van der Waals surface area contributed by atoms with Crippen molar-refractivity contribution in [3.63, 3.8) is 0 Å². The van der Waals surface area contributed by atoms with Gasteiger partial charge in [-0.25, -0.2) is 0 Å². The maximum Gasteiger partial charge on any atom is 0.133 e. The Morgan fingerprint density at radius 2 is 1.73 bits per heavy atom. The van der Waals surface area contributed by atoms with Crippen molar-refractivity contribution in [1.29, 1.82) is 0 Å². The molecule has 0 heterocycles. The van der Waals surface area contributed by atoms with Gasteiger partial charge < -0.3 is 5.11 Å². The Hall–Kier alpha value is -0.370. The fourth-order valence-electron chi connectivity index (χ4n) is 2.30. The Bertz CT molecular complexity index is 189. The maximum atomic E-state index is 11.1. The molecule has 2 nitrogen and oxygen atoms in total. The van der Waals surface area contributed by atoms with Gasteiger partial charge in [0, 0.05) is 12.8 Å². The highest BCUT2D eigenvalue weighted by molar-refractivity contribution is 5.79. The molecule has 0 amide bonds. The Morgan fingerprint density at radius 3 is 2.33 bits per heavy atom. The van der Waals surface area contributed by atoms with E-state index < -0.39 is 5.60 Å². The second-order valence-electron chi connectivity index (χ2n) is 4.93. The highest BCUT2D eigenvalue weighted by Gasteiger charge is 2.31. The maximum absolute atomic E-state index is 11.1. The van der Waals surface area contributed by atoms with Gasteiger partial charge >= 0.3 is 0 Å². The first-order valence-electron chi connectivity index (χ1n) is 6.40. The molecule has 1 N–H and O–H groups in total. The van der Waals surface area contributed by atoms with Crippen molar-refractivity contribution >= 4 is 5.78 Å². The van der Waals surface area contributed by atoms with E-state index in [0.29, 0.717) is 31.5 Å². The van der Waals surface area contributed by atoms with Crippen LogP contribution in [0.25, 0.3) is 0 Å². The quantitative estimate of drug-likeness (QED) is 0.686. The van der Waals surface area contributed by atoms with Crippen LogP contribution < -0.4 is 0 Å². The van der Waals surface area contributed by atoms with E-state index in [0.717, 1.165) is 12.8 Å². The molecule has 0 aromatic rings. The van der Waals surface area contributed by atoms with Crippen LogP contribution in [0, 0.1) is 0 Å². The zero-order chi connectivity index (χ0) is 11.1. The van der Waals surface area contributed by atoms with Crippen LogP contribution in [0.3, 0.4) is 0 Å². The lowest BCUT2D eigenvalue weighted by Gasteiger charge is -2.31. The van der Waals surface area contributed by atoms with E-state index in [4.69, 9.17) is 0 Å². The van der Waals surface area contributed by atoms with E-state index in [9.17, 15) is 9.90 Å². The summed E-state index contributed by atoms with van der Waals surface area (Å²) >= 11 is 0. The van der Waals surface area contributed by atoms with Crippen molar-refractivity contribution in [2.75, 3.05) is 0 Å². The molecule has 0 unspecified atom stereocenters. The van der Waals surface area contributed by atoms with Crippen molar-refractivity contribution in [3.05, 3.63) is 0 Å². The molecule has 15 heavy (non-hydrogen) atoms. The Balaban J connectivity index is 2.11. The summed E-state index contributed by atoms with van der Waals surface area (Å²) in [6.45, 7) is 2.21. The van der Waals surface area contributed by atoms with Gasteiger partial charge in [0.1, 0.15) is 5.78 Å². The van der Waals surface area contributed by atoms with Crippen LogP contribution in [-0.2, 0) is 4.79 Å². The van der Waals surface area contributed by atoms with Crippen molar-refractivity contribution < 1.29 is 9.90 Å². The van der Waals surface area contributed by atoms with Crippen LogP contribution in [0.15, 0.2) is 0 Å². The number of hydrogen-bond acceptors (Lipinski definition) is 2. The SMILES string of the molecule is CCCCCCCC1(O)CCC(=O)CC1. The molecule has 2 heteroatoms. The number of Topliss-reactive ketones (excluding diaryl/α,β-unsaturated/α-hetero) is 1. The molecule has 0 aromatic carbocycles. The molecule has 0 atom stereocenters. The van der Waals surface area contributed by atoms with E-state index in [1.54, 1.807) is 0 Å². The third-order valence-electron chi connectivity index (χ3n) is 3.48. The van der Waals surface area contributed by atoms with Crippen LogP contribution in [0.1, 0.15) is 71.1 Å². The second kappa shape index (κ2) is 6.26. The normalized spacial score (nSPS) is 20.5. The van der Waals surface area contributed by atoms with Gasteiger partial charge in [0.2, 0.25) is 0 Å². The Labute approximate surface area is 93.1 Å². The molecule has 0 aliphatic heterocycles. The predicted octanol–water partition coefficient (Wildman–Crippen LogP) is 3.22. The van der Waals surface area contributed by atoms with Gasteiger partial charge in [-0.1, -0.05) is 39.0 Å². The number of hydrogen-bond donors (Lipinski definition) is 1. The van der Waals surface area contributed by atoms with Crippen LogP contribution in [0.2, 0.25) is 0 Å². The van der Waals surface area contributed by atoms with E-state index >= 15 is 0 Å². The summed E-state index contributed by atoms with van der Waals surface area (Å²) in [6, 6.07) is 0. The minimum atomic E-state index is -0.514. The first kappa shape index (κ1) is 12.7. The number of ketones is 1. The topological polar surface area (TPSA) is 37.3 Å². The number of aliphatic hydroxyl groups is 1. The van der Waals surface area contributed by atoms with Crippen LogP contribution in [-0.4, -0.2) is 16.5 Å². The minimum Gasteiger partial charge on any atom is -0.390 e. The van der Waals surface area contributed by atoms with E-state index in [2.05, 4.69) is 6.92 Å². The highest BCUT2D eigenvalue weighted by atomic mass is 16.3. The molecule has 0 aromatic heterocycles. The molecular weight excluding hydrogens is 188 g/mol. The average Bonchev–Trinajstić information content (AvgIpc) is 2.23. The molecule has 1 fully saturated rings. The number of unbranched alkanes of at least 4 members (excludes halogenated alkanes) is 4. The van der Waals surface area contributed by atoms with Crippen molar-refractivity contribution in [2.24, 2.45) is 0 Å². The van der Waals surface area contributed by atoms with Gasteiger partial charge in [0.05, 0.1) is 5.60 Å². The summed E-state index contributed by atoms with van der Waals surface area (Å²) < 4.78 is 0. The lowest BCUT2D eigenvalue weighted by atomic mass is 9.80. The van der Waals surface area contributed by atoms with Gasteiger partial charge in [-0.15, -0.1) is 0 Å². The van der Waals surface area contributed by atoms with Gasteiger partial charge in [-0.05, 0) is 19.3 Å². The van der Waals surface area contributed by atoms with Gasteiger partial charge in [0.15, 0.2) is 0 Å². The van der Waals surface area contributed by atoms with E-state index in [1.807, 2.05) is 0 Å². The molecular formula is C13H24O2. The first-order valence-corrected chi connectivity index (χ1v) is 6.40. The predicted molar refractivity (Wildman–Crippen MR) is 61.8 cm³/mol. The summed E-state index contributed by atoms with van der Waals surface area (Å²) in [5, 5.41) is 10.2. The molecule has 0 spiro atoms. The summed E-state index contributed by atoms with van der Waals surface area (Å²) in [5.74, 6) is 0.325. The van der Waals surface area contributed by atoms with Crippen molar-refractivity contribution in [2.45, 2.75) is 76.7 Å².